The molecule has 4 rings (SSSR count). The van der Waals surface area contributed by atoms with Crippen molar-refractivity contribution in [3.63, 3.8) is 0 Å². The number of nitrogens with one attached hydrogen (secondary N) is 2. The van der Waals surface area contributed by atoms with Crippen molar-refractivity contribution in [2.75, 3.05) is 64.5 Å². The summed E-state index contributed by atoms with van der Waals surface area (Å²) in [5.41, 5.74) is -1.79. The first-order valence-electron chi connectivity index (χ1n) is 21.1. The Morgan fingerprint density at radius 1 is 1.13 bits per heavy atom. The normalized spacial score (nSPS) is 28.7. The van der Waals surface area contributed by atoms with Crippen molar-refractivity contribution in [3.05, 3.63) is 34.9 Å². The largest absolute Gasteiger partial charge is 0.495 e. The zero-order valence-electron chi connectivity index (χ0n) is 37.4. The lowest BCUT2D eigenvalue weighted by molar-refractivity contribution is -0.162. The molecule has 4 bridgehead atoms. The van der Waals surface area contributed by atoms with Crippen LogP contribution in [0.1, 0.15) is 78.7 Å². The number of likely N-dealkylation sites (N-methyl/N-ethyl adjacent to an activating group) is 1. The maximum absolute atomic E-state index is 14.3. The van der Waals surface area contributed by atoms with Crippen molar-refractivity contribution < 1.29 is 57.5 Å². The van der Waals surface area contributed by atoms with Crippen molar-refractivity contribution >= 4 is 68.7 Å². The zero-order valence-corrected chi connectivity index (χ0v) is 39.8. The third-order valence-electron chi connectivity index (χ3n) is 11.6. The number of benzene rings is 1. The van der Waals surface area contributed by atoms with Crippen LogP contribution in [0, 0.1) is 11.8 Å². The molecule has 19 heteroatoms. The number of esters is 1. The molecule has 9 atom stereocenters. The summed E-state index contributed by atoms with van der Waals surface area (Å²) in [5, 5.41) is 17.4. The maximum atomic E-state index is 14.3. The molecule has 3 heterocycles. The second-order valence-corrected chi connectivity index (χ2v) is 19.5. The highest BCUT2D eigenvalue weighted by molar-refractivity contribution is 8.76. The van der Waals surface area contributed by atoms with E-state index in [2.05, 4.69) is 17.6 Å². The van der Waals surface area contributed by atoms with Gasteiger partial charge in [0.05, 0.1) is 31.9 Å². The van der Waals surface area contributed by atoms with E-state index in [9.17, 15) is 29.1 Å². The highest BCUT2D eigenvalue weighted by Gasteiger charge is 2.64. The van der Waals surface area contributed by atoms with E-state index < -0.39 is 65.7 Å². The Bertz CT molecular complexity index is 1760. The molecule has 1 aromatic rings. The number of hydrogen-bond donors (Lipinski definition) is 3. The van der Waals surface area contributed by atoms with Gasteiger partial charge in [0.25, 0.3) is 0 Å². The van der Waals surface area contributed by atoms with E-state index in [-0.39, 0.29) is 42.0 Å². The molecule has 0 aromatic heterocycles. The fourth-order valence-corrected chi connectivity index (χ4v) is 9.89. The van der Waals surface area contributed by atoms with E-state index in [1.807, 2.05) is 25.1 Å². The van der Waals surface area contributed by atoms with Gasteiger partial charge in [0.1, 0.15) is 40.7 Å². The molecule has 3 N–H and O–H groups in total. The van der Waals surface area contributed by atoms with Crippen LogP contribution in [0.5, 0.6) is 5.75 Å². The molecule has 16 nitrogen and oxygen atoms in total. The number of aliphatic hydroxyl groups is 1. The smallest absolute Gasteiger partial charge is 0.409 e. The van der Waals surface area contributed by atoms with Gasteiger partial charge in [0.2, 0.25) is 17.7 Å². The first-order valence-corrected chi connectivity index (χ1v) is 24.0. The summed E-state index contributed by atoms with van der Waals surface area (Å²) in [4.78, 5) is 69.1. The van der Waals surface area contributed by atoms with Crippen molar-refractivity contribution in [3.8, 4) is 5.75 Å². The van der Waals surface area contributed by atoms with Gasteiger partial charge >= 0.3 is 12.1 Å². The summed E-state index contributed by atoms with van der Waals surface area (Å²) in [5.74, 6) is -0.548. The molecule has 2 fully saturated rings. The van der Waals surface area contributed by atoms with Gasteiger partial charge in [-0.15, -0.1) is 0 Å². The number of ether oxygens (including phenoxy) is 6. The van der Waals surface area contributed by atoms with E-state index in [1.54, 1.807) is 33.9 Å². The number of halogens is 1. The molecule has 0 saturated carbocycles. The Morgan fingerprint density at radius 2 is 1.84 bits per heavy atom. The molecular weight excluding hydrogens is 864 g/mol. The van der Waals surface area contributed by atoms with Crippen LogP contribution in [0.3, 0.4) is 0 Å². The van der Waals surface area contributed by atoms with Crippen molar-refractivity contribution in [1.29, 1.82) is 0 Å². The summed E-state index contributed by atoms with van der Waals surface area (Å²) in [6.45, 7) is 10.8. The Balaban J connectivity index is 1.51. The van der Waals surface area contributed by atoms with E-state index in [4.69, 9.17) is 40.0 Å². The number of rotatable bonds is 17. The second-order valence-electron chi connectivity index (χ2n) is 16.4. The molecule has 0 radical (unpaired) electrons. The maximum Gasteiger partial charge on any atom is 0.409 e. The first kappa shape index (κ1) is 51.4. The predicted molar refractivity (Wildman–Crippen MR) is 239 cm³/mol. The van der Waals surface area contributed by atoms with E-state index in [0.29, 0.717) is 62.0 Å². The fourth-order valence-electron chi connectivity index (χ4n) is 7.61. The third-order valence-corrected chi connectivity index (χ3v) is 14.4. The van der Waals surface area contributed by atoms with Gasteiger partial charge in [0.15, 0.2) is 5.72 Å². The number of amides is 4. The number of fused-ring (bicyclic) bond motifs is 5. The zero-order chi connectivity index (χ0) is 45.8. The lowest BCUT2D eigenvalue weighted by Crippen LogP contribution is -2.63. The van der Waals surface area contributed by atoms with Gasteiger partial charge in [-0.25, -0.2) is 9.59 Å². The number of carbonyl (C=O) groups excluding carboxylic acids is 5. The average molecular weight is 930 g/mol. The number of nitrogens with zero attached hydrogens (tertiary/aromatic N) is 2. The highest BCUT2D eigenvalue weighted by atomic mass is 35.5. The van der Waals surface area contributed by atoms with Crippen LogP contribution in [0.2, 0.25) is 5.02 Å². The SMILES string of the molecule is CCCOCCNC(=O)CCSSCCC(=O)N(C)[C@@H](C)C(=O)O[C@H]1CC(=O)N(C)c2cc(cc(OC)c2Cl)CC(C)C/C=C/[C@@H](OC)[C@@]2(O)C[C@H](OC(=O)N2)[C@@H](C)[C@@H]2O[C@@]12C. The summed E-state index contributed by atoms with van der Waals surface area (Å²) in [6, 6.07) is 2.63. The molecule has 1 aromatic carbocycles. The molecule has 4 amide bonds. The average Bonchev–Trinajstić information content (AvgIpc) is 3.93. The Labute approximate surface area is 378 Å². The third kappa shape index (κ3) is 13.6. The van der Waals surface area contributed by atoms with Crippen LogP contribution in [0.25, 0.3) is 0 Å². The van der Waals surface area contributed by atoms with E-state index >= 15 is 0 Å². The fraction of sp³-hybridized carbons (Fsp3) is 0.698. The van der Waals surface area contributed by atoms with Crippen LogP contribution < -0.4 is 20.3 Å². The monoisotopic (exact) mass is 928 g/mol. The van der Waals surface area contributed by atoms with Crippen LogP contribution in [-0.4, -0.2) is 141 Å². The number of carbonyl (C=O) groups is 5. The van der Waals surface area contributed by atoms with Crippen LogP contribution in [0.15, 0.2) is 24.3 Å². The van der Waals surface area contributed by atoms with Crippen LogP contribution >= 0.6 is 33.2 Å². The molecule has 3 aliphatic heterocycles. The summed E-state index contributed by atoms with van der Waals surface area (Å²) < 4.78 is 34.8. The number of hydrogen-bond acceptors (Lipinski definition) is 14. The van der Waals surface area contributed by atoms with Crippen LogP contribution in [0.4, 0.5) is 10.5 Å². The second kappa shape index (κ2) is 23.6. The van der Waals surface area contributed by atoms with E-state index in [1.165, 1.54) is 52.7 Å². The van der Waals surface area contributed by atoms with Crippen molar-refractivity contribution in [2.24, 2.45) is 11.8 Å². The quantitative estimate of drug-likeness (QED) is 0.0599. The molecule has 1 unspecified atom stereocenters. The summed E-state index contributed by atoms with van der Waals surface area (Å²) in [7, 11) is 9.00. The standard InChI is InChI=1S/C43H65ClN4O12S2/c1-10-17-57-18-16-45-35(49)14-19-61-62-20-15-36(50)47(6)28(4)40(52)59-34-24-37(51)48(7)30-22-29(23-31(55-8)38(30)44)21-26(2)12-11-13-33(56-9)43(54)25-32(58-41(53)46-43)27(3)39-42(34,5)60-39/h11,13,22-23,26-28,32-34,39,54H,10,12,14-21,24-25H2,1-9H3,(H,45,49)(H,46,53)/b13-11+/t26?,27-,28+,32+,33-,34+,39+,42+,43+/m1/s1. The van der Waals surface area contributed by atoms with E-state index in [0.717, 1.165) is 12.0 Å². The molecule has 348 valence electrons. The molecule has 3 aliphatic rings. The summed E-state index contributed by atoms with van der Waals surface area (Å²) in [6.07, 6.45) is 1.42. The van der Waals surface area contributed by atoms with Crippen LogP contribution in [-0.2, 0) is 49.3 Å². The van der Waals surface area contributed by atoms with Gasteiger partial charge < -0.3 is 48.6 Å². The molecular formula is C43H65ClN4O12S2. The lowest BCUT2D eigenvalue weighted by atomic mass is 9.83. The first-order chi connectivity index (χ1) is 29.4. The Morgan fingerprint density at radius 3 is 2.52 bits per heavy atom. The van der Waals surface area contributed by atoms with Crippen molar-refractivity contribution in [2.45, 2.75) is 121 Å². The number of methoxy groups -OCH3 is 2. The predicted octanol–water partition coefficient (Wildman–Crippen LogP) is 5.30. The molecule has 0 spiro atoms. The summed E-state index contributed by atoms with van der Waals surface area (Å²) >= 11 is 6.80. The van der Waals surface area contributed by atoms with Gasteiger partial charge in [-0.3, -0.25) is 19.7 Å². The topological polar surface area (TPSA) is 195 Å². The Kier molecular flexibility index (Phi) is 19.6. The number of anilines is 1. The number of allylic oxidation sites excluding steroid dienone is 1. The van der Waals surface area contributed by atoms with Gasteiger partial charge in [-0.2, -0.15) is 0 Å². The van der Waals surface area contributed by atoms with Gasteiger partial charge in [-0.05, 0) is 56.7 Å². The van der Waals surface area contributed by atoms with Gasteiger partial charge in [-0.1, -0.05) is 66.1 Å². The molecule has 0 aliphatic carbocycles. The van der Waals surface area contributed by atoms with Crippen molar-refractivity contribution in [1.82, 2.24) is 15.5 Å². The minimum Gasteiger partial charge on any atom is -0.495 e. The lowest BCUT2D eigenvalue weighted by Gasteiger charge is -2.42. The van der Waals surface area contributed by atoms with Gasteiger partial charge in [0, 0.05) is 71.0 Å². The Hall–Kier alpha value is -3.26. The minimum absolute atomic E-state index is 0.0460. The molecule has 62 heavy (non-hydrogen) atoms. The number of epoxide rings is 1. The number of alkyl carbamates (subject to hydrolysis) is 1. The molecule has 2 saturated heterocycles. The minimum atomic E-state index is -1.82. The highest BCUT2D eigenvalue weighted by Crippen LogP contribution is 2.49.